The summed E-state index contributed by atoms with van der Waals surface area (Å²) in [6, 6.07) is 5.83. The van der Waals surface area contributed by atoms with Gasteiger partial charge in [-0.25, -0.2) is 4.98 Å². The first-order chi connectivity index (χ1) is 8.93. The molecule has 1 saturated heterocycles. The zero-order valence-electron chi connectivity index (χ0n) is 10.3. The number of aromatic nitrogens is 2. The number of piperidine rings is 1. The normalized spacial score (nSPS) is 16.9. The van der Waals surface area contributed by atoms with Gasteiger partial charge in [0.15, 0.2) is 0 Å². The lowest BCUT2D eigenvalue weighted by Gasteiger charge is -2.22. The van der Waals surface area contributed by atoms with E-state index in [0.29, 0.717) is 11.8 Å². The first-order valence-corrected chi connectivity index (χ1v) is 6.47. The molecule has 0 atom stereocenters. The second-order valence-corrected chi connectivity index (χ2v) is 4.69. The van der Waals surface area contributed by atoms with Crippen molar-refractivity contribution >= 4 is 10.9 Å². The number of fused-ring (bicyclic) bond motifs is 1. The van der Waals surface area contributed by atoms with Crippen LogP contribution in [0, 0.1) is 5.92 Å². The molecule has 2 aromatic rings. The van der Waals surface area contributed by atoms with Crippen LogP contribution in [0.15, 0.2) is 30.6 Å². The van der Waals surface area contributed by atoms with E-state index in [1.165, 1.54) is 12.8 Å². The fourth-order valence-electron chi connectivity index (χ4n) is 2.34. The summed E-state index contributed by atoms with van der Waals surface area (Å²) in [6.07, 6.45) is 5.91. The van der Waals surface area contributed by atoms with Gasteiger partial charge in [0.1, 0.15) is 0 Å². The van der Waals surface area contributed by atoms with E-state index in [4.69, 9.17) is 4.74 Å². The van der Waals surface area contributed by atoms with E-state index in [1.54, 1.807) is 12.4 Å². The summed E-state index contributed by atoms with van der Waals surface area (Å²) in [6.45, 7) is 2.94. The van der Waals surface area contributed by atoms with Crippen LogP contribution in [0.25, 0.3) is 10.9 Å². The lowest BCUT2D eigenvalue weighted by atomic mass is 9.99. The van der Waals surface area contributed by atoms with Crippen LogP contribution in [0.1, 0.15) is 12.8 Å². The van der Waals surface area contributed by atoms with Gasteiger partial charge in [0.2, 0.25) is 5.88 Å². The van der Waals surface area contributed by atoms with Crippen LogP contribution in [0.2, 0.25) is 0 Å². The van der Waals surface area contributed by atoms with E-state index in [0.717, 1.165) is 30.6 Å². The maximum absolute atomic E-state index is 5.88. The molecule has 0 radical (unpaired) electrons. The summed E-state index contributed by atoms with van der Waals surface area (Å²) in [5, 5.41) is 4.36. The predicted molar refractivity (Wildman–Crippen MR) is 70.6 cm³/mol. The highest BCUT2D eigenvalue weighted by Crippen LogP contribution is 2.22. The Labute approximate surface area is 106 Å². The average Bonchev–Trinajstić information content (AvgIpc) is 2.46. The Morgan fingerprint density at radius 1 is 1.17 bits per heavy atom. The van der Waals surface area contributed by atoms with Crippen LogP contribution < -0.4 is 10.1 Å². The highest BCUT2D eigenvalue weighted by molar-refractivity contribution is 5.82. The molecule has 3 heterocycles. The number of rotatable bonds is 3. The molecule has 0 aromatic carbocycles. The first-order valence-electron chi connectivity index (χ1n) is 6.47. The highest BCUT2D eigenvalue weighted by Gasteiger charge is 2.14. The number of pyridine rings is 2. The van der Waals surface area contributed by atoms with Crippen molar-refractivity contribution in [2.24, 2.45) is 5.92 Å². The van der Waals surface area contributed by atoms with Crippen LogP contribution in [0.5, 0.6) is 5.88 Å². The molecule has 0 unspecified atom stereocenters. The molecule has 1 aliphatic rings. The molecule has 2 aromatic heterocycles. The average molecular weight is 243 g/mol. The molecular weight excluding hydrogens is 226 g/mol. The summed E-state index contributed by atoms with van der Waals surface area (Å²) >= 11 is 0. The molecule has 0 saturated carbocycles. The fourth-order valence-corrected chi connectivity index (χ4v) is 2.34. The third-order valence-corrected chi connectivity index (χ3v) is 3.41. The van der Waals surface area contributed by atoms with Crippen LogP contribution >= 0.6 is 0 Å². The van der Waals surface area contributed by atoms with E-state index in [9.17, 15) is 0 Å². The molecule has 18 heavy (non-hydrogen) atoms. The highest BCUT2D eigenvalue weighted by atomic mass is 16.5. The van der Waals surface area contributed by atoms with Gasteiger partial charge in [-0.15, -0.1) is 0 Å². The topological polar surface area (TPSA) is 47.0 Å². The van der Waals surface area contributed by atoms with Crippen molar-refractivity contribution in [2.45, 2.75) is 12.8 Å². The molecule has 1 N–H and O–H groups in total. The van der Waals surface area contributed by atoms with Crippen LogP contribution in [0.4, 0.5) is 0 Å². The van der Waals surface area contributed by atoms with E-state index < -0.39 is 0 Å². The van der Waals surface area contributed by atoms with Crippen LogP contribution in [-0.2, 0) is 0 Å². The maximum atomic E-state index is 5.88. The molecule has 0 amide bonds. The molecule has 0 aliphatic carbocycles. The minimum Gasteiger partial charge on any atom is -0.477 e. The zero-order valence-corrected chi connectivity index (χ0v) is 10.3. The molecule has 4 heteroatoms. The SMILES string of the molecule is c1cnc2ccnc(OCC3CCNCC3)c2c1. The molecule has 1 aliphatic heterocycles. The second kappa shape index (κ2) is 5.31. The summed E-state index contributed by atoms with van der Waals surface area (Å²) in [4.78, 5) is 8.62. The molecule has 3 rings (SSSR count). The summed E-state index contributed by atoms with van der Waals surface area (Å²) in [7, 11) is 0. The zero-order chi connectivity index (χ0) is 12.2. The number of nitrogens with one attached hydrogen (secondary N) is 1. The standard InChI is InChI=1S/C14H17N3O/c1-2-12-13(16-6-1)5-9-17-14(12)18-10-11-3-7-15-8-4-11/h1-2,5-6,9,11,15H,3-4,7-8,10H2. The largest absolute Gasteiger partial charge is 0.477 e. The Kier molecular flexibility index (Phi) is 3.37. The molecule has 1 fully saturated rings. The van der Waals surface area contributed by atoms with Crippen molar-refractivity contribution in [1.82, 2.24) is 15.3 Å². The molecule has 94 valence electrons. The lowest BCUT2D eigenvalue weighted by molar-refractivity contribution is 0.211. The Morgan fingerprint density at radius 3 is 2.94 bits per heavy atom. The van der Waals surface area contributed by atoms with Gasteiger partial charge in [-0.1, -0.05) is 0 Å². The first kappa shape index (κ1) is 11.4. The van der Waals surface area contributed by atoms with Gasteiger partial charge in [0.05, 0.1) is 17.5 Å². The molecule has 0 bridgehead atoms. The number of nitrogens with zero attached hydrogens (tertiary/aromatic N) is 2. The fraction of sp³-hybridized carbons (Fsp3) is 0.429. The Bertz CT molecular complexity index is 518. The predicted octanol–water partition coefficient (Wildman–Crippen LogP) is 2.01. The van der Waals surface area contributed by atoms with Crippen molar-refractivity contribution in [2.75, 3.05) is 19.7 Å². The van der Waals surface area contributed by atoms with E-state index in [2.05, 4.69) is 15.3 Å². The maximum Gasteiger partial charge on any atom is 0.222 e. The van der Waals surface area contributed by atoms with Crippen molar-refractivity contribution in [3.63, 3.8) is 0 Å². The second-order valence-electron chi connectivity index (χ2n) is 4.69. The Balaban J connectivity index is 1.74. The van der Waals surface area contributed by atoms with Crippen molar-refractivity contribution in [3.8, 4) is 5.88 Å². The van der Waals surface area contributed by atoms with Gasteiger partial charge < -0.3 is 10.1 Å². The van der Waals surface area contributed by atoms with Crippen molar-refractivity contribution in [3.05, 3.63) is 30.6 Å². The molecular formula is C14H17N3O. The Hall–Kier alpha value is -1.68. The molecule has 4 nitrogen and oxygen atoms in total. The third kappa shape index (κ3) is 2.43. The van der Waals surface area contributed by atoms with Crippen LogP contribution in [-0.4, -0.2) is 29.7 Å². The summed E-state index contributed by atoms with van der Waals surface area (Å²) in [5.74, 6) is 1.35. The Morgan fingerprint density at radius 2 is 2.06 bits per heavy atom. The number of hydrogen-bond acceptors (Lipinski definition) is 4. The van der Waals surface area contributed by atoms with Crippen LogP contribution in [0.3, 0.4) is 0 Å². The van der Waals surface area contributed by atoms with Gasteiger partial charge >= 0.3 is 0 Å². The molecule has 0 spiro atoms. The van der Waals surface area contributed by atoms with Gasteiger partial charge in [-0.2, -0.15) is 0 Å². The minimum atomic E-state index is 0.639. The van der Waals surface area contributed by atoms with Gasteiger partial charge in [0.25, 0.3) is 0 Å². The van der Waals surface area contributed by atoms with E-state index >= 15 is 0 Å². The van der Waals surface area contributed by atoms with Crippen molar-refractivity contribution in [1.29, 1.82) is 0 Å². The van der Waals surface area contributed by atoms with Gasteiger partial charge in [-0.05, 0) is 50.0 Å². The monoisotopic (exact) mass is 243 g/mol. The van der Waals surface area contributed by atoms with E-state index in [1.807, 2.05) is 18.2 Å². The summed E-state index contributed by atoms with van der Waals surface area (Å²) < 4.78 is 5.88. The van der Waals surface area contributed by atoms with E-state index in [-0.39, 0.29) is 0 Å². The van der Waals surface area contributed by atoms with Crippen molar-refractivity contribution < 1.29 is 4.74 Å². The smallest absolute Gasteiger partial charge is 0.222 e. The quantitative estimate of drug-likeness (QED) is 0.895. The number of ether oxygens (including phenoxy) is 1. The third-order valence-electron chi connectivity index (χ3n) is 3.41. The lowest BCUT2D eigenvalue weighted by Crippen LogP contribution is -2.30. The minimum absolute atomic E-state index is 0.639. The van der Waals surface area contributed by atoms with Gasteiger partial charge in [0, 0.05) is 12.4 Å². The summed E-state index contributed by atoms with van der Waals surface area (Å²) in [5.41, 5.74) is 0.938. The van der Waals surface area contributed by atoms with Gasteiger partial charge in [-0.3, -0.25) is 4.98 Å². The number of hydrogen-bond donors (Lipinski definition) is 1.